The smallest absolute Gasteiger partial charge is 0.188 e. The van der Waals surface area contributed by atoms with Gasteiger partial charge in [-0.3, -0.25) is 14.4 Å². The SMILES string of the molecule is O=C(c1ccc(Br)cc1)[C@H](Br)[C@H](c1ccccc1)C1(Br)C(=O)c2ccccc2C1=O. The second kappa shape index (κ2) is 8.33. The molecule has 1 aliphatic carbocycles. The van der Waals surface area contributed by atoms with Gasteiger partial charge in [0, 0.05) is 27.1 Å². The molecule has 0 aromatic heterocycles. The van der Waals surface area contributed by atoms with Gasteiger partial charge in [0.05, 0.1) is 4.83 Å². The Morgan fingerprint density at radius 2 is 1.27 bits per heavy atom. The number of rotatable bonds is 5. The molecule has 4 rings (SSSR count). The van der Waals surface area contributed by atoms with Gasteiger partial charge in [-0.1, -0.05) is 115 Å². The van der Waals surface area contributed by atoms with Gasteiger partial charge in [0.1, 0.15) is 0 Å². The molecule has 0 saturated heterocycles. The average Bonchev–Trinajstić information content (AvgIpc) is 2.96. The number of ketones is 3. The largest absolute Gasteiger partial charge is 0.293 e. The van der Waals surface area contributed by atoms with E-state index in [1.54, 1.807) is 48.5 Å². The van der Waals surface area contributed by atoms with Gasteiger partial charge in [-0.15, -0.1) is 0 Å². The topological polar surface area (TPSA) is 51.2 Å². The van der Waals surface area contributed by atoms with E-state index in [1.165, 1.54) is 0 Å². The average molecular weight is 591 g/mol. The molecule has 3 aromatic rings. The van der Waals surface area contributed by atoms with E-state index < -0.39 is 15.1 Å². The molecule has 3 aromatic carbocycles. The van der Waals surface area contributed by atoms with Crippen LogP contribution in [0.1, 0.15) is 42.6 Å². The molecule has 0 spiro atoms. The van der Waals surface area contributed by atoms with Crippen molar-refractivity contribution in [2.24, 2.45) is 0 Å². The molecule has 0 fully saturated rings. The summed E-state index contributed by atoms with van der Waals surface area (Å²) < 4.78 is -0.713. The molecule has 0 saturated carbocycles. The first-order valence-electron chi connectivity index (χ1n) is 9.22. The van der Waals surface area contributed by atoms with E-state index in [9.17, 15) is 14.4 Å². The summed E-state index contributed by atoms with van der Waals surface area (Å²) in [4.78, 5) is 39.4. The Morgan fingerprint density at radius 1 is 0.767 bits per heavy atom. The van der Waals surface area contributed by atoms with Gasteiger partial charge >= 0.3 is 0 Å². The van der Waals surface area contributed by atoms with Crippen LogP contribution in [0, 0.1) is 0 Å². The van der Waals surface area contributed by atoms with Gasteiger partial charge in [0.15, 0.2) is 21.7 Å². The minimum absolute atomic E-state index is 0.202. The second-order valence-corrected chi connectivity index (χ2v) is 10.2. The summed E-state index contributed by atoms with van der Waals surface area (Å²) in [6.45, 7) is 0. The molecule has 0 aliphatic heterocycles. The number of Topliss-reactive ketones (excluding diaryl/α,β-unsaturated/α-hetero) is 3. The highest BCUT2D eigenvalue weighted by atomic mass is 79.9. The Kier molecular flexibility index (Phi) is 5.93. The van der Waals surface area contributed by atoms with E-state index in [0.29, 0.717) is 16.7 Å². The van der Waals surface area contributed by atoms with E-state index >= 15 is 0 Å². The van der Waals surface area contributed by atoms with Crippen molar-refractivity contribution in [3.05, 3.63) is 106 Å². The van der Waals surface area contributed by atoms with E-state index in [0.717, 1.165) is 10.0 Å². The van der Waals surface area contributed by atoms with Crippen molar-refractivity contribution >= 4 is 65.1 Å². The first-order valence-corrected chi connectivity index (χ1v) is 11.7. The van der Waals surface area contributed by atoms with Crippen molar-refractivity contribution < 1.29 is 14.4 Å². The van der Waals surface area contributed by atoms with Crippen LogP contribution in [0.15, 0.2) is 83.3 Å². The molecule has 0 N–H and O–H groups in total. The molecular weight excluding hydrogens is 576 g/mol. The fourth-order valence-corrected chi connectivity index (χ4v) is 6.38. The molecule has 30 heavy (non-hydrogen) atoms. The number of carbonyl (C=O) groups excluding carboxylic acids is 3. The van der Waals surface area contributed by atoms with Crippen molar-refractivity contribution in [1.29, 1.82) is 0 Å². The molecule has 0 amide bonds. The molecule has 0 bridgehead atoms. The summed E-state index contributed by atoms with van der Waals surface area (Å²) in [5, 5.41) is 0. The maximum Gasteiger partial charge on any atom is 0.188 e. The highest BCUT2D eigenvalue weighted by Crippen LogP contribution is 2.49. The maximum atomic E-state index is 13.4. The van der Waals surface area contributed by atoms with E-state index in [4.69, 9.17) is 0 Å². The van der Waals surface area contributed by atoms with Crippen molar-refractivity contribution in [3.63, 3.8) is 0 Å². The van der Waals surface area contributed by atoms with E-state index in [2.05, 4.69) is 47.8 Å². The second-order valence-electron chi connectivity index (χ2n) is 7.08. The maximum absolute atomic E-state index is 13.4. The van der Waals surface area contributed by atoms with Crippen LogP contribution >= 0.6 is 47.8 Å². The minimum Gasteiger partial charge on any atom is -0.293 e. The summed E-state index contributed by atoms with van der Waals surface area (Å²) >= 11 is 10.4. The van der Waals surface area contributed by atoms with Crippen molar-refractivity contribution in [2.45, 2.75) is 15.1 Å². The van der Waals surface area contributed by atoms with Crippen LogP contribution in [0.2, 0.25) is 0 Å². The third-order valence-electron chi connectivity index (χ3n) is 5.34. The zero-order valence-corrected chi connectivity index (χ0v) is 20.3. The fraction of sp³-hybridized carbons (Fsp3) is 0.125. The normalized spacial score (nSPS) is 16.8. The zero-order valence-electron chi connectivity index (χ0n) is 15.5. The summed E-state index contributed by atoms with van der Waals surface area (Å²) in [6.07, 6.45) is 0. The third-order valence-corrected chi connectivity index (χ3v) is 8.02. The number of alkyl halides is 2. The van der Waals surface area contributed by atoms with Crippen molar-refractivity contribution in [3.8, 4) is 0 Å². The summed E-state index contributed by atoms with van der Waals surface area (Å²) in [5.41, 5.74) is 1.95. The quantitative estimate of drug-likeness (QED) is 0.197. The minimum atomic E-state index is -1.57. The number of benzene rings is 3. The Hall–Kier alpha value is -1.89. The summed E-state index contributed by atoms with van der Waals surface area (Å²) in [7, 11) is 0. The first-order chi connectivity index (χ1) is 14.4. The van der Waals surface area contributed by atoms with Crippen LogP contribution in [-0.2, 0) is 0 Å². The lowest BCUT2D eigenvalue weighted by molar-refractivity contribution is 0.0844. The predicted molar refractivity (Wildman–Crippen MR) is 127 cm³/mol. The number of halogens is 3. The van der Waals surface area contributed by atoms with Crippen LogP contribution in [0.5, 0.6) is 0 Å². The fourth-order valence-electron chi connectivity index (χ4n) is 3.84. The van der Waals surface area contributed by atoms with Crippen LogP contribution in [-0.4, -0.2) is 26.5 Å². The van der Waals surface area contributed by atoms with Gasteiger partial charge in [-0.25, -0.2) is 0 Å². The lowest BCUT2D eigenvalue weighted by Gasteiger charge is -2.33. The van der Waals surface area contributed by atoms with Crippen LogP contribution < -0.4 is 0 Å². The molecule has 0 unspecified atom stereocenters. The standard InChI is InChI=1S/C24H15Br3O3/c25-16-12-10-15(11-13-16)21(28)20(26)19(14-6-2-1-3-7-14)24(27)22(29)17-8-4-5-9-18(17)23(24)30/h1-13,19-20H/t19-,20+/m0/s1. The molecule has 0 radical (unpaired) electrons. The summed E-state index contributed by atoms with van der Waals surface area (Å²) in [6, 6.07) is 23.0. The van der Waals surface area contributed by atoms with Crippen molar-refractivity contribution in [1.82, 2.24) is 0 Å². The van der Waals surface area contributed by atoms with Gasteiger partial charge in [-0.2, -0.15) is 0 Å². The molecule has 0 heterocycles. The lowest BCUT2D eigenvalue weighted by Crippen LogP contribution is -2.46. The third kappa shape index (κ3) is 3.45. The predicted octanol–water partition coefficient (Wildman–Crippen LogP) is 6.39. The molecule has 6 heteroatoms. The molecular formula is C24H15Br3O3. The van der Waals surface area contributed by atoms with Gasteiger partial charge in [-0.05, 0) is 17.7 Å². The Labute approximate surface area is 199 Å². The van der Waals surface area contributed by atoms with E-state index in [-0.39, 0.29) is 17.3 Å². The number of hydrogen-bond donors (Lipinski definition) is 0. The van der Waals surface area contributed by atoms with Gasteiger partial charge in [0.25, 0.3) is 0 Å². The number of carbonyl (C=O) groups is 3. The van der Waals surface area contributed by atoms with Crippen molar-refractivity contribution in [2.75, 3.05) is 0 Å². The zero-order chi connectivity index (χ0) is 21.5. The highest BCUT2D eigenvalue weighted by Gasteiger charge is 2.59. The van der Waals surface area contributed by atoms with Crippen LogP contribution in [0.25, 0.3) is 0 Å². The number of hydrogen-bond acceptors (Lipinski definition) is 3. The van der Waals surface area contributed by atoms with Crippen LogP contribution in [0.3, 0.4) is 0 Å². The first kappa shape index (κ1) is 21.3. The van der Waals surface area contributed by atoms with E-state index in [1.807, 2.05) is 30.3 Å². The number of fused-ring (bicyclic) bond motifs is 1. The highest BCUT2D eigenvalue weighted by molar-refractivity contribution is 9.11. The van der Waals surface area contributed by atoms with Crippen LogP contribution in [0.4, 0.5) is 0 Å². The Bertz CT molecular complexity index is 1100. The van der Waals surface area contributed by atoms with Gasteiger partial charge < -0.3 is 0 Å². The van der Waals surface area contributed by atoms with Gasteiger partial charge in [0.2, 0.25) is 0 Å². The Morgan fingerprint density at radius 3 is 1.80 bits per heavy atom. The summed E-state index contributed by atoms with van der Waals surface area (Å²) in [5.74, 6) is -1.61. The molecule has 150 valence electrons. The molecule has 3 nitrogen and oxygen atoms in total. The Balaban J connectivity index is 1.84. The molecule has 1 aliphatic rings. The molecule has 2 atom stereocenters. The monoisotopic (exact) mass is 588 g/mol. The lowest BCUT2D eigenvalue weighted by atomic mass is 9.78.